The fourth-order valence-corrected chi connectivity index (χ4v) is 5.74. The van der Waals surface area contributed by atoms with Crippen molar-refractivity contribution >= 4 is 28.7 Å². The molecule has 1 amide bonds. The van der Waals surface area contributed by atoms with Crippen molar-refractivity contribution in [3.05, 3.63) is 89.2 Å². The van der Waals surface area contributed by atoms with E-state index >= 15 is 0 Å². The van der Waals surface area contributed by atoms with Gasteiger partial charge in [-0.15, -0.1) is 0 Å². The highest BCUT2D eigenvalue weighted by Gasteiger charge is 2.23. The molecule has 180 valence electrons. The van der Waals surface area contributed by atoms with Crippen LogP contribution in [0.15, 0.2) is 72.1 Å². The van der Waals surface area contributed by atoms with E-state index in [-0.39, 0.29) is 5.91 Å². The molecule has 2 heterocycles. The summed E-state index contributed by atoms with van der Waals surface area (Å²) in [4.78, 5) is 22.0. The first-order valence-corrected chi connectivity index (χ1v) is 13.4. The molecule has 0 bridgehead atoms. The first-order chi connectivity index (χ1) is 17.1. The van der Waals surface area contributed by atoms with Crippen LogP contribution in [0, 0.1) is 12.8 Å². The second kappa shape index (κ2) is 10.6. The molecule has 35 heavy (non-hydrogen) atoms. The van der Waals surface area contributed by atoms with Crippen molar-refractivity contribution in [3.8, 4) is 0 Å². The largest absolute Gasteiger partial charge is 0.349 e. The van der Waals surface area contributed by atoms with E-state index in [0.29, 0.717) is 12.0 Å². The number of benzene rings is 2. The molecule has 1 N–H and O–H groups in total. The minimum Gasteiger partial charge on any atom is -0.349 e. The van der Waals surface area contributed by atoms with Crippen molar-refractivity contribution in [1.82, 2.24) is 19.9 Å². The number of amides is 1. The topological polar surface area (TPSA) is 59.8 Å². The van der Waals surface area contributed by atoms with Crippen LogP contribution in [-0.2, 0) is 12.3 Å². The lowest BCUT2D eigenvalue weighted by molar-refractivity contribution is 0.0910. The standard InChI is InChI=1S/C29H32N4OS/c1-20-7-9-22(10-8-20)18-33-27-17-30-16-15-26(27)32-29(33)35-19-23-11-13-24(14-12-23)28(34)31-25-6-4-3-5-21(25)2/h7-17,21,25H,3-6,18-19H2,1-2H3,(H,31,34)/t21-,25-/m1/s1. The van der Waals surface area contributed by atoms with E-state index in [1.54, 1.807) is 18.0 Å². The highest BCUT2D eigenvalue weighted by Crippen LogP contribution is 2.28. The van der Waals surface area contributed by atoms with Crippen LogP contribution in [0.2, 0.25) is 0 Å². The highest BCUT2D eigenvalue weighted by molar-refractivity contribution is 7.98. The number of aryl methyl sites for hydroxylation is 1. The van der Waals surface area contributed by atoms with Gasteiger partial charge in [-0.25, -0.2) is 4.98 Å². The lowest BCUT2D eigenvalue weighted by Crippen LogP contribution is -2.41. The number of fused-ring (bicyclic) bond motifs is 1. The molecule has 0 unspecified atom stereocenters. The van der Waals surface area contributed by atoms with E-state index in [1.807, 2.05) is 24.4 Å². The van der Waals surface area contributed by atoms with E-state index < -0.39 is 0 Å². The van der Waals surface area contributed by atoms with Crippen LogP contribution >= 0.6 is 11.8 Å². The van der Waals surface area contributed by atoms with Gasteiger partial charge in [-0.3, -0.25) is 9.78 Å². The molecule has 1 aliphatic carbocycles. The van der Waals surface area contributed by atoms with Crippen LogP contribution in [0.5, 0.6) is 0 Å². The van der Waals surface area contributed by atoms with Gasteiger partial charge >= 0.3 is 0 Å². The van der Waals surface area contributed by atoms with Gasteiger partial charge in [-0.2, -0.15) is 0 Å². The van der Waals surface area contributed by atoms with Gasteiger partial charge in [0.05, 0.1) is 23.8 Å². The molecule has 2 aromatic heterocycles. The number of nitrogens with one attached hydrogen (secondary N) is 1. The summed E-state index contributed by atoms with van der Waals surface area (Å²) in [5.74, 6) is 1.37. The molecular formula is C29H32N4OS. The minimum absolute atomic E-state index is 0.0374. The van der Waals surface area contributed by atoms with Crippen molar-refractivity contribution in [1.29, 1.82) is 0 Å². The summed E-state index contributed by atoms with van der Waals surface area (Å²) in [7, 11) is 0. The number of carbonyl (C=O) groups is 1. The molecule has 0 radical (unpaired) electrons. The molecule has 1 aliphatic rings. The maximum atomic E-state index is 12.8. The van der Waals surface area contributed by atoms with E-state index in [2.05, 4.69) is 65.1 Å². The van der Waals surface area contributed by atoms with E-state index in [4.69, 9.17) is 4.98 Å². The molecule has 0 spiro atoms. The number of hydrogen-bond donors (Lipinski definition) is 1. The predicted octanol–water partition coefficient (Wildman–Crippen LogP) is 6.39. The number of carbonyl (C=O) groups excluding carboxylic acids is 1. The van der Waals surface area contributed by atoms with Gasteiger partial charge in [0.2, 0.25) is 0 Å². The molecule has 2 atom stereocenters. The van der Waals surface area contributed by atoms with E-state index in [1.165, 1.54) is 36.0 Å². The number of rotatable bonds is 7. The first kappa shape index (κ1) is 23.6. The normalized spacial score (nSPS) is 18.0. The Kier molecular flexibility index (Phi) is 7.19. The Bertz CT molecular complexity index is 1300. The number of aromatic nitrogens is 3. The maximum Gasteiger partial charge on any atom is 0.251 e. The molecule has 1 fully saturated rings. The second-order valence-corrected chi connectivity index (χ2v) is 10.6. The van der Waals surface area contributed by atoms with Crippen LogP contribution < -0.4 is 5.32 Å². The van der Waals surface area contributed by atoms with Gasteiger partial charge < -0.3 is 9.88 Å². The Morgan fingerprint density at radius 1 is 1.03 bits per heavy atom. The minimum atomic E-state index is 0.0374. The zero-order valence-corrected chi connectivity index (χ0v) is 21.2. The Hall–Kier alpha value is -3.12. The van der Waals surface area contributed by atoms with Crippen molar-refractivity contribution < 1.29 is 4.79 Å². The second-order valence-electron chi connectivity index (χ2n) is 9.66. The molecule has 0 saturated heterocycles. The number of nitrogens with zero attached hydrogens (tertiary/aromatic N) is 3. The van der Waals surface area contributed by atoms with Crippen LogP contribution in [0.3, 0.4) is 0 Å². The van der Waals surface area contributed by atoms with Crippen molar-refractivity contribution in [3.63, 3.8) is 0 Å². The molecular weight excluding hydrogens is 452 g/mol. The van der Waals surface area contributed by atoms with Crippen LogP contribution in [0.4, 0.5) is 0 Å². The molecule has 0 aliphatic heterocycles. The number of imidazole rings is 1. The number of pyridine rings is 1. The zero-order valence-electron chi connectivity index (χ0n) is 20.4. The van der Waals surface area contributed by atoms with Gasteiger partial charge in [0.25, 0.3) is 5.91 Å². The van der Waals surface area contributed by atoms with Gasteiger partial charge in [0, 0.05) is 23.6 Å². The highest BCUT2D eigenvalue weighted by atomic mass is 32.2. The van der Waals surface area contributed by atoms with E-state index in [9.17, 15) is 4.79 Å². The summed E-state index contributed by atoms with van der Waals surface area (Å²) in [6.45, 7) is 5.10. The van der Waals surface area contributed by atoms with Crippen LogP contribution in [-0.4, -0.2) is 26.5 Å². The summed E-state index contributed by atoms with van der Waals surface area (Å²) in [6.07, 6.45) is 8.44. The van der Waals surface area contributed by atoms with Crippen molar-refractivity contribution in [2.45, 2.75) is 63.0 Å². The van der Waals surface area contributed by atoms with Gasteiger partial charge in [0.15, 0.2) is 5.16 Å². The first-order valence-electron chi connectivity index (χ1n) is 12.5. The fourth-order valence-electron chi connectivity index (χ4n) is 4.77. The van der Waals surface area contributed by atoms with Crippen LogP contribution in [0.25, 0.3) is 11.0 Å². The summed E-state index contributed by atoms with van der Waals surface area (Å²) in [5.41, 5.74) is 6.39. The average molecular weight is 485 g/mol. The lowest BCUT2D eigenvalue weighted by atomic mass is 9.86. The van der Waals surface area contributed by atoms with Gasteiger partial charge in [0.1, 0.15) is 0 Å². The third-order valence-electron chi connectivity index (χ3n) is 6.99. The monoisotopic (exact) mass is 484 g/mol. The van der Waals surface area contributed by atoms with E-state index in [0.717, 1.165) is 40.5 Å². The molecule has 6 heteroatoms. The molecule has 4 aromatic rings. The summed E-state index contributed by atoms with van der Waals surface area (Å²) in [6, 6.07) is 18.9. The Labute approximate surface area is 211 Å². The summed E-state index contributed by atoms with van der Waals surface area (Å²) < 4.78 is 2.24. The molecule has 1 saturated carbocycles. The summed E-state index contributed by atoms with van der Waals surface area (Å²) in [5, 5.41) is 4.22. The Balaban J connectivity index is 1.27. The lowest BCUT2D eigenvalue weighted by Gasteiger charge is -2.29. The molecule has 5 nitrogen and oxygen atoms in total. The third kappa shape index (κ3) is 5.59. The van der Waals surface area contributed by atoms with Crippen molar-refractivity contribution in [2.24, 2.45) is 5.92 Å². The maximum absolute atomic E-state index is 12.8. The smallest absolute Gasteiger partial charge is 0.251 e. The molecule has 2 aromatic carbocycles. The molecule has 5 rings (SSSR count). The van der Waals surface area contributed by atoms with Crippen LogP contribution in [0.1, 0.15) is 59.7 Å². The number of thioether (sulfide) groups is 1. The van der Waals surface area contributed by atoms with Crippen molar-refractivity contribution in [2.75, 3.05) is 0 Å². The van der Waals surface area contributed by atoms with Gasteiger partial charge in [-0.05, 0) is 55.0 Å². The zero-order chi connectivity index (χ0) is 24.2. The third-order valence-corrected chi connectivity index (χ3v) is 8.04. The quantitative estimate of drug-likeness (QED) is 0.309. The fraction of sp³-hybridized carbons (Fsp3) is 0.345. The predicted molar refractivity (Wildman–Crippen MR) is 143 cm³/mol. The number of hydrogen-bond acceptors (Lipinski definition) is 4. The average Bonchev–Trinajstić information content (AvgIpc) is 3.23. The van der Waals surface area contributed by atoms with Gasteiger partial charge in [-0.1, -0.05) is 73.5 Å². The SMILES string of the molecule is Cc1ccc(Cn2c(SCc3ccc(C(=O)N[C@@H]4CCCC[C@H]4C)cc3)nc3ccncc32)cc1. The summed E-state index contributed by atoms with van der Waals surface area (Å²) >= 11 is 1.71. The Morgan fingerprint density at radius 3 is 2.54 bits per heavy atom. The Morgan fingerprint density at radius 2 is 1.77 bits per heavy atom.